The molecule has 2 aromatic heterocycles. The molecule has 2 heterocycles. The van der Waals surface area contributed by atoms with Crippen LogP contribution >= 0.6 is 23.2 Å². The van der Waals surface area contributed by atoms with Gasteiger partial charge in [0.15, 0.2) is 0 Å². The zero-order valence-corrected chi connectivity index (χ0v) is 15.0. The van der Waals surface area contributed by atoms with Crippen LogP contribution in [0.15, 0.2) is 45.7 Å². The molecule has 0 spiro atoms. The smallest absolute Gasteiger partial charge is 0.257 e. The monoisotopic (exact) mass is 378 g/mol. The van der Waals surface area contributed by atoms with E-state index in [1.165, 1.54) is 6.20 Å². The number of fused-ring (bicyclic) bond motifs is 1. The van der Waals surface area contributed by atoms with Gasteiger partial charge in [0.1, 0.15) is 11.3 Å². The van der Waals surface area contributed by atoms with Crippen molar-refractivity contribution in [3.63, 3.8) is 0 Å². The van der Waals surface area contributed by atoms with Gasteiger partial charge >= 0.3 is 0 Å². The number of carbonyl (C=O) groups excluding carboxylic acids is 1. The van der Waals surface area contributed by atoms with Crippen LogP contribution in [0, 0.1) is 0 Å². The zero-order valence-electron chi connectivity index (χ0n) is 13.5. The number of hydrogen-bond acceptors (Lipinski definition) is 3. The lowest BCUT2D eigenvalue weighted by Gasteiger charge is -2.09. The maximum atomic E-state index is 12.6. The third kappa shape index (κ3) is 3.57. The Labute approximate surface area is 154 Å². The van der Waals surface area contributed by atoms with Gasteiger partial charge in [-0.3, -0.25) is 9.59 Å². The van der Waals surface area contributed by atoms with Crippen LogP contribution in [0.4, 0.5) is 0 Å². The normalized spacial score (nSPS) is 11.0. The van der Waals surface area contributed by atoms with Crippen molar-refractivity contribution in [2.45, 2.75) is 25.9 Å². The number of halogens is 2. The maximum absolute atomic E-state index is 12.6. The van der Waals surface area contributed by atoms with Crippen LogP contribution in [0.5, 0.6) is 0 Å². The van der Waals surface area contributed by atoms with Crippen LogP contribution in [0.3, 0.4) is 0 Å². The van der Waals surface area contributed by atoms with Gasteiger partial charge in [0.2, 0.25) is 11.1 Å². The van der Waals surface area contributed by atoms with E-state index in [0.29, 0.717) is 35.0 Å². The Hall–Kier alpha value is -2.24. The number of rotatable bonds is 5. The summed E-state index contributed by atoms with van der Waals surface area (Å²) in [5, 5.41) is 3.74. The van der Waals surface area contributed by atoms with Crippen LogP contribution in [-0.2, 0) is 19.0 Å². The molecular formula is C18H16Cl2N2O3. The molecule has 0 aliphatic rings. The highest BCUT2D eigenvalue weighted by molar-refractivity contribution is 6.30. The molecule has 3 rings (SSSR count). The predicted octanol–water partition coefficient (Wildman–Crippen LogP) is 3.94. The number of hydrogen-bond donors (Lipinski definition) is 1. The molecule has 130 valence electrons. The summed E-state index contributed by atoms with van der Waals surface area (Å²) in [7, 11) is 0. The Morgan fingerprint density at radius 3 is 2.64 bits per heavy atom. The average Bonchev–Trinajstić information content (AvgIpc) is 3.06. The number of nitrogens with zero attached hydrogens (tertiary/aromatic N) is 1. The lowest BCUT2D eigenvalue weighted by Crippen LogP contribution is -2.29. The van der Waals surface area contributed by atoms with E-state index in [1.807, 2.05) is 19.1 Å². The van der Waals surface area contributed by atoms with Crippen LogP contribution in [0.2, 0.25) is 5.02 Å². The summed E-state index contributed by atoms with van der Waals surface area (Å²) in [5.74, 6) is 0.225. The Morgan fingerprint density at radius 2 is 2.00 bits per heavy atom. The van der Waals surface area contributed by atoms with Crippen molar-refractivity contribution in [2.24, 2.45) is 0 Å². The van der Waals surface area contributed by atoms with E-state index in [1.54, 1.807) is 22.8 Å². The highest BCUT2D eigenvalue weighted by Crippen LogP contribution is 2.19. The van der Waals surface area contributed by atoms with Crippen molar-refractivity contribution in [2.75, 3.05) is 0 Å². The summed E-state index contributed by atoms with van der Waals surface area (Å²) in [5.41, 5.74) is 1.03. The molecule has 1 amide bonds. The number of aryl methyl sites for hydroxylation is 1. The minimum Gasteiger partial charge on any atom is -0.443 e. The number of carbonyl (C=O) groups is 1. The van der Waals surface area contributed by atoms with Crippen LogP contribution < -0.4 is 10.7 Å². The highest BCUT2D eigenvalue weighted by atomic mass is 35.5. The van der Waals surface area contributed by atoms with Crippen molar-refractivity contribution in [1.29, 1.82) is 0 Å². The fourth-order valence-corrected chi connectivity index (χ4v) is 2.83. The zero-order chi connectivity index (χ0) is 18.0. The average molecular weight is 379 g/mol. The fraction of sp³-hybridized carbons (Fsp3) is 0.222. The Balaban J connectivity index is 1.91. The van der Waals surface area contributed by atoms with Gasteiger partial charge in [-0.15, -0.1) is 11.6 Å². The molecule has 0 aliphatic carbocycles. The number of benzene rings is 1. The molecule has 0 unspecified atom stereocenters. The van der Waals surface area contributed by atoms with Crippen LogP contribution in [0.25, 0.3) is 11.1 Å². The molecule has 5 nitrogen and oxygen atoms in total. The van der Waals surface area contributed by atoms with E-state index in [9.17, 15) is 9.59 Å². The number of aromatic nitrogens is 1. The summed E-state index contributed by atoms with van der Waals surface area (Å²) < 4.78 is 7.31. The standard InChI is InChI=1S/C18H16Cl2N2O3/c1-2-22-10-15(16(23)14-7-13(8-19)25-18(14)22)17(24)21-9-11-3-5-12(20)6-4-11/h3-7,10H,2,8-9H2,1H3,(H,21,24). The molecule has 0 atom stereocenters. The van der Waals surface area contributed by atoms with Gasteiger partial charge in [0.25, 0.3) is 5.91 Å². The molecule has 0 aliphatic heterocycles. The van der Waals surface area contributed by atoms with Gasteiger partial charge in [-0.2, -0.15) is 0 Å². The largest absolute Gasteiger partial charge is 0.443 e. The minimum atomic E-state index is -0.433. The summed E-state index contributed by atoms with van der Waals surface area (Å²) in [6.07, 6.45) is 1.52. The molecular weight excluding hydrogens is 363 g/mol. The van der Waals surface area contributed by atoms with Gasteiger partial charge in [-0.25, -0.2) is 0 Å². The molecule has 25 heavy (non-hydrogen) atoms. The molecule has 0 bridgehead atoms. The highest BCUT2D eigenvalue weighted by Gasteiger charge is 2.18. The van der Waals surface area contributed by atoms with Gasteiger partial charge in [-0.05, 0) is 30.7 Å². The molecule has 0 fully saturated rings. The lowest BCUT2D eigenvalue weighted by molar-refractivity contribution is 0.0949. The third-order valence-electron chi connectivity index (χ3n) is 3.88. The SMILES string of the molecule is CCn1cc(C(=O)NCc2ccc(Cl)cc2)c(=O)c2cc(CCl)oc21. The van der Waals surface area contributed by atoms with Gasteiger partial charge < -0.3 is 14.3 Å². The molecule has 0 saturated heterocycles. The van der Waals surface area contributed by atoms with E-state index in [0.717, 1.165) is 5.56 Å². The second-order valence-corrected chi connectivity index (χ2v) is 6.24. The van der Waals surface area contributed by atoms with Gasteiger partial charge in [0.05, 0.1) is 11.3 Å². The van der Waals surface area contributed by atoms with Crippen molar-refractivity contribution < 1.29 is 9.21 Å². The first kappa shape index (κ1) is 17.6. The van der Waals surface area contributed by atoms with E-state index >= 15 is 0 Å². The van der Waals surface area contributed by atoms with Crippen molar-refractivity contribution in [3.05, 3.63) is 68.7 Å². The number of amides is 1. The van der Waals surface area contributed by atoms with Crippen molar-refractivity contribution in [3.8, 4) is 0 Å². The molecule has 1 aromatic carbocycles. The van der Waals surface area contributed by atoms with Crippen LogP contribution in [0.1, 0.15) is 28.6 Å². The summed E-state index contributed by atoms with van der Waals surface area (Å²) >= 11 is 11.6. The summed E-state index contributed by atoms with van der Waals surface area (Å²) in [6.45, 7) is 2.77. The minimum absolute atomic E-state index is 0.0743. The Bertz CT molecular complexity index is 974. The second-order valence-electron chi connectivity index (χ2n) is 5.53. The fourth-order valence-electron chi connectivity index (χ4n) is 2.57. The van der Waals surface area contributed by atoms with Crippen molar-refractivity contribution >= 4 is 40.2 Å². The van der Waals surface area contributed by atoms with E-state index in [4.69, 9.17) is 27.6 Å². The van der Waals surface area contributed by atoms with Crippen LogP contribution in [-0.4, -0.2) is 10.5 Å². The maximum Gasteiger partial charge on any atom is 0.257 e. The number of nitrogens with one attached hydrogen (secondary N) is 1. The molecule has 7 heteroatoms. The van der Waals surface area contributed by atoms with Crippen molar-refractivity contribution in [1.82, 2.24) is 9.88 Å². The lowest BCUT2D eigenvalue weighted by atomic mass is 10.2. The number of alkyl halides is 1. The number of pyridine rings is 1. The molecule has 0 saturated carbocycles. The quantitative estimate of drug-likeness (QED) is 0.683. The van der Waals surface area contributed by atoms with Gasteiger partial charge in [0, 0.05) is 24.3 Å². The Morgan fingerprint density at radius 1 is 1.28 bits per heavy atom. The predicted molar refractivity (Wildman–Crippen MR) is 98.3 cm³/mol. The van der Waals surface area contributed by atoms with Gasteiger partial charge in [-0.1, -0.05) is 23.7 Å². The first-order valence-corrected chi connectivity index (χ1v) is 8.69. The first-order valence-electron chi connectivity index (χ1n) is 7.78. The Kier molecular flexibility index (Phi) is 5.16. The molecule has 0 radical (unpaired) electrons. The van der Waals surface area contributed by atoms with E-state index in [2.05, 4.69) is 5.32 Å². The van der Waals surface area contributed by atoms with E-state index in [-0.39, 0.29) is 16.9 Å². The summed E-state index contributed by atoms with van der Waals surface area (Å²) in [4.78, 5) is 25.1. The summed E-state index contributed by atoms with van der Waals surface area (Å²) in [6, 6.07) is 8.72. The number of furan rings is 1. The second kappa shape index (κ2) is 7.33. The van der Waals surface area contributed by atoms with E-state index < -0.39 is 5.91 Å². The molecule has 3 aromatic rings. The molecule has 1 N–H and O–H groups in total. The third-order valence-corrected chi connectivity index (χ3v) is 4.40. The first-order chi connectivity index (χ1) is 12.0. The topological polar surface area (TPSA) is 64.2 Å².